The van der Waals surface area contributed by atoms with Crippen LogP contribution in [0.2, 0.25) is 0 Å². The molecule has 2 aliphatic carbocycles. The molecule has 0 heterocycles. The molecule has 0 bridgehead atoms. The van der Waals surface area contributed by atoms with Gasteiger partial charge < -0.3 is 25.0 Å². The number of rotatable bonds is 7. The number of alkyl carbamates (subject to hydrolysis) is 1. The fourth-order valence-electron chi connectivity index (χ4n) is 3.63. The number of nitrogens with one attached hydrogen (secondary N) is 1. The minimum Gasteiger partial charge on any atom is -0.481 e. The molecule has 0 spiro atoms. The van der Waals surface area contributed by atoms with Gasteiger partial charge in [-0.05, 0) is 31.6 Å². The summed E-state index contributed by atoms with van der Waals surface area (Å²) in [6.07, 6.45) is -0.820. The van der Waals surface area contributed by atoms with E-state index in [2.05, 4.69) is 5.32 Å². The maximum Gasteiger partial charge on any atom is 0.409 e. The lowest BCUT2D eigenvalue weighted by Crippen LogP contribution is -2.48. The van der Waals surface area contributed by atoms with E-state index in [1.807, 2.05) is 13.8 Å². The minimum absolute atomic E-state index is 0.276. The zero-order chi connectivity index (χ0) is 17.4. The summed E-state index contributed by atoms with van der Waals surface area (Å²) >= 11 is 0. The number of carboxylic acid groups (broad SMARTS) is 2. The Bertz CT molecular complexity index is 506. The quantitative estimate of drug-likeness (QED) is 0.602. The summed E-state index contributed by atoms with van der Waals surface area (Å²) in [5.41, 5.74) is -1.24. The van der Waals surface area contributed by atoms with Crippen LogP contribution < -0.4 is 5.32 Å². The number of carbonyl (C=O) groups is 3. The maximum atomic E-state index is 12.0. The van der Waals surface area contributed by atoms with Crippen molar-refractivity contribution in [1.82, 2.24) is 5.32 Å². The lowest BCUT2D eigenvalue weighted by atomic mass is 9.94. The Kier molecular flexibility index (Phi) is 4.84. The Balaban J connectivity index is 2.00. The van der Waals surface area contributed by atoms with Crippen molar-refractivity contribution >= 4 is 18.0 Å². The number of ether oxygens (including phenoxy) is 2. The lowest BCUT2D eigenvalue weighted by molar-refractivity contribution is -0.144. The minimum atomic E-state index is -1.24. The van der Waals surface area contributed by atoms with Gasteiger partial charge in [0.25, 0.3) is 0 Å². The summed E-state index contributed by atoms with van der Waals surface area (Å²) in [5.74, 6) is -4.06. The van der Waals surface area contributed by atoms with Crippen LogP contribution >= 0.6 is 0 Å². The van der Waals surface area contributed by atoms with Crippen LogP contribution in [0.25, 0.3) is 0 Å². The Hall–Kier alpha value is -1.83. The first-order chi connectivity index (χ1) is 10.7. The Morgan fingerprint density at radius 3 is 2.30 bits per heavy atom. The van der Waals surface area contributed by atoms with Crippen molar-refractivity contribution in [3.8, 4) is 0 Å². The Morgan fingerprint density at radius 2 is 1.83 bits per heavy atom. The molecule has 130 valence electrons. The monoisotopic (exact) mass is 329 g/mol. The summed E-state index contributed by atoms with van der Waals surface area (Å²) in [5, 5.41) is 21.1. The van der Waals surface area contributed by atoms with E-state index in [-0.39, 0.29) is 11.8 Å². The average molecular weight is 329 g/mol. The third-order valence-electron chi connectivity index (χ3n) is 4.58. The van der Waals surface area contributed by atoms with Gasteiger partial charge >= 0.3 is 18.0 Å². The standard InChI is InChI=1S/C15H23NO7/c1-7(2)6-22-8(3)23-14(21)16-15-9(11(15)13(19)20)4-5-10(15)12(17)18/h7-11H,4-6H2,1-3H3,(H,16,21)(H,17,18)(H,19,20). The van der Waals surface area contributed by atoms with E-state index in [9.17, 15) is 24.6 Å². The summed E-state index contributed by atoms with van der Waals surface area (Å²) in [7, 11) is 0. The summed E-state index contributed by atoms with van der Waals surface area (Å²) in [6, 6.07) is 0. The van der Waals surface area contributed by atoms with Crippen molar-refractivity contribution in [3.05, 3.63) is 0 Å². The van der Waals surface area contributed by atoms with E-state index in [1.165, 1.54) is 0 Å². The van der Waals surface area contributed by atoms with Crippen LogP contribution in [0.1, 0.15) is 33.6 Å². The van der Waals surface area contributed by atoms with E-state index in [0.29, 0.717) is 19.4 Å². The first-order valence-electron chi connectivity index (χ1n) is 7.76. The van der Waals surface area contributed by atoms with Crippen LogP contribution in [0.4, 0.5) is 4.79 Å². The van der Waals surface area contributed by atoms with Crippen LogP contribution in [0.15, 0.2) is 0 Å². The highest BCUT2D eigenvalue weighted by Crippen LogP contribution is 2.64. The number of hydrogen-bond donors (Lipinski definition) is 3. The molecule has 1 amide bonds. The van der Waals surface area contributed by atoms with Crippen molar-refractivity contribution in [3.63, 3.8) is 0 Å². The first-order valence-corrected chi connectivity index (χ1v) is 7.76. The van der Waals surface area contributed by atoms with Crippen LogP contribution in [0, 0.1) is 23.7 Å². The molecule has 23 heavy (non-hydrogen) atoms. The molecule has 2 fully saturated rings. The molecular formula is C15H23NO7. The molecule has 2 aliphatic rings. The van der Waals surface area contributed by atoms with Gasteiger partial charge in [0.15, 0.2) is 0 Å². The van der Waals surface area contributed by atoms with Gasteiger partial charge in [0, 0.05) is 0 Å². The van der Waals surface area contributed by atoms with Gasteiger partial charge in [0.1, 0.15) is 0 Å². The third-order valence-corrected chi connectivity index (χ3v) is 4.58. The summed E-state index contributed by atoms with van der Waals surface area (Å²) in [4.78, 5) is 34.7. The Morgan fingerprint density at radius 1 is 1.17 bits per heavy atom. The van der Waals surface area contributed by atoms with Gasteiger partial charge in [-0.25, -0.2) is 4.79 Å². The number of carbonyl (C=O) groups excluding carboxylic acids is 1. The number of amides is 1. The maximum absolute atomic E-state index is 12.0. The molecule has 0 aromatic heterocycles. The van der Waals surface area contributed by atoms with Crippen LogP contribution in [0.3, 0.4) is 0 Å². The number of fused-ring (bicyclic) bond motifs is 1. The molecule has 0 aliphatic heterocycles. The highest BCUT2D eigenvalue weighted by atomic mass is 16.7. The van der Waals surface area contributed by atoms with Crippen LogP contribution in [-0.2, 0) is 19.1 Å². The number of aliphatic carboxylic acids is 2. The van der Waals surface area contributed by atoms with E-state index in [4.69, 9.17) is 9.47 Å². The largest absolute Gasteiger partial charge is 0.481 e. The Labute approximate surface area is 134 Å². The SMILES string of the molecule is CC(C)COC(C)OC(=O)NC12C(C(=O)O)CCC1C2C(=O)O. The normalized spacial score (nSPS) is 33.0. The molecule has 2 saturated carbocycles. The van der Waals surface area contributed by atoms with Crippen molar-refractivity contribution in [2.75, 3.05) is 6.61 Å². The number of hydrogen-bond acceptors (Lipinski definition) is 5. The second-order valence-electron chi connectivity index (χ2n) is 6.65. The molecule has 0 aromatic carbocycles. The second-order valence-corrected chi connectivity index (χ2v) is 6.65. The smallest absolute Gasteiger partial charge is 0.409 e. The fourth-order valence-corrected chi connectivity index (χ4v) is 3.63. The summed E-state index contributed by atoms with van der Waals surface area (Å²) in [6.45, 7) is 5.88. The fraction of sp³-hybridized carbons (Fsp3) is 0.800. The van der Waals surface area contributed by atoms with Crippen molar-refractivity contribution in [2.45, 2.75) is 45.4 Å². The molecule has 8 nitrogen and oxygen atoms in total. The average Bonchev–Trinajstić information content (AvgIpc) is 2.89. The topological polar surface area (TPSA) is 122 Å². The highest BCUT2D eigenvalue weighted by molar-refractivity contribution is 5.86. The first kappa shape index (κ1) is 17.5. The highest BCUT2D eigenvalue weighted by Gasteiger charge is 2.77. The zero-order valence-corrected chi connectivity index (χ0v) is 13.4. The molecule has 0 aromatic rings. The molecular weight excluding hydrogens is 306 g/mol. The van der Waals surface area contributed by atoms with Gasteiger partial charge in [0.2, 0.25) is 6.29 Å². The van der Waals surface area contributed by atoms with Gasteiger partial charge in [-0.3, -0.25) is 9.59 Å². The molecule has 8 heteroatoms. The third kappa shape index (κ3) is 3.26. The van der Waals surface area contributed by atoms with Gasteiger partial charge in [-0.1, -0.05) is 13.8 Å². The second kappa shape index (κ2) is 6.35. The van der Waals surface area contributed by atoms with E-state index in [0.717, 1.165) is 0 Å². The van der Waals surface area contributed by atoms with Gasteiger partial charge in [-0.2, -0.15) is 0 Å². The predicted octanol–water partition coefficient (Wildman–Crippen LogP) is 1.30. The van der Waals surface area contributed by atoms with Crippen LogP contribution in [-0.4, -0.2) is 46.7 Å². The predicted molar refractivity (Wildman–Crippen MR) is 77.6 cm³/mol. The van der Waals surface area contributed by atoms with E-state index >= 15 is 0 Å². The lowest BCUT2D eigenvalue weighted by Gasteiger charge is -2.24. The summed E-state index contributed by atoms with van der Waals surface area (Å²) < 4.78 is 10.4. The molecule has 2 rings (SSSR count). The molecule has 0 radical (unpaired) electrons. The molecule has 5 atom stereocenters. The van der Waals surface area contributed by atoms with E-state index < -0.39 is 41.7 Å². The molecule has 3 N–H and O–H groups in total. The van der Waals surface area contributed by atoms with Crippen LogP contribution in [0.5, 0.6) is 0 Å². The molecule has 5 unspecified atom stereocenters. The molecule has 0 saturated heterocycles. The number of carboxylic acids is 2. The van der Waals surface area contributed by atoms with Crippen molar-refractivity contribution in [2.24, 2.45) is 23.7 Å². The zero-order valence-electron chi connectivity index (χ0n) is 13.4. The van der Waals surface area contributed by atoms with Gasteiger partial charge in [0.05, 0.1) is 24.0 Å². The van der Waals surface area contributed by atoms with Crippen molar-refractivity contribution in [1.29, 1.82) is 0 Å². The van der Waals surface area contributed by atoms with E-state index in [1.54, 1.807) is 6.92 Å². The van der Waals surface area contributed by atoms with Gasteiger partial charge in [-0.15, -0.1) is 0 Å². The van der Waals surface area contributed by atoms with Crippen molar-refractivity contribution < 1.29 is 34.1 Å².